The second-order valence-electron chi connectivity index (χ2n) is 7.02. The first-order valence-corrected chi connectivity index (χ1v) is 9.51. The van der Waals surface area contributed by atoms with Crippen molar-refractivity contribution in [2.24, 2.45) is 0 Å². The van der Waals surface area contributed by atoms with Crippen molar-refractivity contribution < 1.29 is 23.0 Å². The van der Waals surface area contributed by atoms with Gasteiger partial charge in [0.2, 0.25) is 6.79 Å². The van der Waals surface area contributed by atoms with E-state index in [4.69, 9.17) is 9.47 Å². The van der Waals surface area contributed by atoms with Crippen molar-refractivity contribution in [3.63, 3.8) is 0 Å². The van der Waals surface area contributed by atoms with Crippen LogP contribution in [0.4, 0.5) is 19.3 Å². The number of rotatable bonds is 6. The molecule has 0 saturated carbocycles. The molecular weight excluding hydrogens is 390 g/mol. The molecule has 7 heteroatoms. The topological polar surface area (TPSA) is 59.6 Å². The van der Waals surface area contributed by atoms with Gasteiger partial charge in [-0.1, -0.05) is 24.3 Å². The maximum atomic E-state index is 13.2. The largest absolute Gasteiger partial charge is 0.454 e. The third-order valence-corrected chi connectivity index (χ3v) is 4.76. The number of ether oxygens (including phenoxy) is 2. The van der Waals surface area contributed by atoms with Gasteiger partial charge in [-0.15, -0.1) is 0 Å². The van der Waals surface area contributed by atoms with Crippen molar-refractivity contribution >= 4 is 11.7 Å². The van der Waals surface area contributed by atoms with Crippen LogP contribution in [-0.2, 0) is 12.8 Å². The number of benzene rings is 3. The van der Waals surface area contributed by atoms with Crippen molar-refractivity contribution in [2.75, 3.05) is 12.1 Å². The Morgan fingerprint density at radius 1 is 0.833 bits per heavy atom. The Bertz CT molecular complexity index is 976. The first kappa shape index (κ1) is 19.7. The Balaban J connectivity index is 1.45. The van der Waals surface area contributed by atoms with Crippen LogP contribution in [0.15, 0.2) is 66.7 Å². The van der Waals surface area contributed by atoms with E-state index in [0.29, 0.717) is 30.0 Å². The molecule has 3 aromatic rings. The Hall–Kier alpha value is -3.61. The monoisotopic (exact) mass is 410 g/mol. The van der Waals surface area contributed by atoms with E-state index in [-0.39, 0.29) is 30.5 Å². The minimum absolute atomic E-state index is 0.155. The molecule has 0 aromatic heterocycles. The molecule has 1 aliphatic rings. The van der Waals surface area contributed by atoms with Crippen molar-refractivity contribution in [3.8, 4) is 11.5 Å². The van der Waals surface area contributed by atoms with Gasteiger partial charge >= 0.3 is 6.03 Å². The van der Waals surface area contributed by atoms with Gasteiger partial charge in [0.05, 0.1) is 0 Å². The second kappa shape index (κ2) is 8.82. The summed E-state index contributed by atoms with van der Waals surface area (Å²) < 4.78 is 37.0. The fraction of sp³-hybridized carbons (Fsp3) is 0.174. The molecule has 1 aliphatic heterocycles. The number of hydrogen-bond donors (Lipinski definition) is 2. The number of anilines is 1. The molecule has 0 aliphatic carbocycles. The SMILES string of the molecule is O=C(Nc1ccc2c(c1)OCO2)NC(Cc1ccc(F)cc1)Cc1ccc(F)cc1. The summed E-state index contributed by atoms with van der Waals surface area (Å²) in [7, 11) is 0. The highest BCUT2D eigenvalue weighted by Crippen LogP contribution is 2.34. The van der Waals surface area contributed by atoms with E-state index in [0.717, 1.165) is 11.1 Å². The molecule has 2 N–H and O–H groups in total. The summed E-state index contributed by atoms with van der Waals surface area (Å²) in [5, 5.41) is 5.74. The van der Waals surface area contributed by atoms with Gasteiger partial charge in [-0.25, -0.2) is 13.6 Å². The average molecular weight is 410 g/mol. The lowest BCUT2D eigenvalue weighted by molar-refractivity contribution is 0.174. The van der Waals surface area contributed by atoms with Crippen LogP contribution in [0.1, 0.15) is 11.1 Å². The van der Waals surface area contributed by atoms with Crippen LogP contribution in [0.3, 0.4) is 0 Å². The summed E-state index contributed by atoms with van der Waals surface area (Å²) in [6.45, 7) is 0.155. The number of carbonyl (C=O) groups is 1. The minimum Gasteiger partial charge on any atom is -0.454 e. The van der Waals surface area contributed by atoms with Gasteiger partial charge in [0.15, 0.2) is 11.5 Å². The average Bonchev–Trinajstić information content (AvgIpc) is 3.19. The van der Waals surface area contributed by atoms with Gasteiger partial charge in [0.25, 0.3) is 0 Å². The number of urea groups is 1. The lowest BCUT2D eigenvalue weighted by atomic mass is 9.99. The fourth-order valence-corrected chi connectivity index (χ4v) is 3.31. The van der Waals surface area contributed by atoms with E-state index < -0.39 is 0 Å². The maximum Gasteiger partial charge on any atom is 0.319 e. The van der Waals surface area contributed by atoms with Gasteiger partial charge < -0.3 is 20.1 Å². The van der Waals surface area contributed by atoms with Crippen molar-refractivity contribution in [1.82, 2.24) is 5.32 Å². The molecular formula is C23H20F2N2O3. The molecule has 5 nitrogen and oxygen atoms in total. The zero-order chi connectivity index (χ0) is 20.9. The predicted octanol–water partition coefficient (Wildman–Crippen LogP) is 4.67. The van der Waals surface area contributed by atoms with Gasteiger partial charge in [0.1, 0.15) is 11.6 Å². The van der Waals surface area contributed by atoms with Gasteiger partial charge in [0, 0.05) is 17.8 Å². The van der Waals surface area contributed by atoms with E-state index in [1.165, 1.54) is 24.3 Å². The molecule has 0 radical (unpaired) electrons. The summed E-state index contributed by atoms with van der Waals surface area (Å²) in [6, 6.07) is 16.8. The van der Waals surface area contributed by atoms with E-state index in [1.54, 1.807) is 42.5 Å². The molecule has 3 aromatic carbocycles. The number of halogens is 2. The highest BCUT2D eigenvalue weighted by molar-refractivity contribution is 5.90. The van der Waals surface area contributed by atoms with E-state index in [1.807, 2.05) is 0 Å². The standard InChI is InChI=1S/C23H20F2N2O3/c24-17-5-1-15(2-6-17)11-20(12-16-3-7-18(25)8-4-16)27-23(28)26-19-9-10-21-22(13-19)30-14-29-21/h1-10,13,20H,11-12,14H2,(H2,26,27,28). The lowest BCUT2D eigenvalue weighted by Crippen LogP contribution is -2.40. The Labute approximate surface area is 172 Å². The highest BCUT2D eigenvalue weighted by Gasteiger charge is 2.17. The summed E-state index contributed by atoms with van der Waals surface area (Å²) in [5.41, 5.74) is 2.33. The summed E-state index contributed by atoms with van der Waals surface area (Å²) in [5.74, 6) is 0.568. The van der Waals surface area contributed by atoms with Crippen LogP contribution in [-0.4, -0.2) is 18.9 Å². The van der Waals surface area contributed by atoms with Gasteiger partial charge in [-0.2, -0.15) is 0 Å². The smallest absolute Gasteiger partial charge is 0.319 e. The van der Waals surface area contributed by atoms with E-state index >= 15 is 0 Å². The first-order valence-electron chi connectivity index (χ1n) is 9.51. The van der Waals surface area contributed by atoms with E-state index in [9.17, 15) is 13.6 Å². The Kier molecular flexibility index (Phi) is 5.79. The molecule has 0 atom stereocenters. The number of hydrogen-bond acceptors (Lipinski definition) is 3. The van der Waals surface area contributed by atoms with Crippen LogP contribution in [0.25, 0.3) is 0 Å². The van der Waals surface area contributed by atoms with Gasteiger partial charge in [-0.3, -0.25) is 0 Å². The van der Waals surface area contributed by atoms with Crippen LogP contribution in [0, 0.1) is 11.6 Å². The molecule has 154 valence electrons. The second-order valence-corrected chi connectivity index (χ2v) is 7.02. The molecule has 0 bridgehead atoms. The quantitative estimate of drug-likeness (QED) is 0.621. The lowest BCUT2D eigenvalue weighted by Gasteiger charge is -2.20. The molecule has 2 amide bonds. The zero-order valence-electron chi connectivity index (χ0n) is 16.0. The van der Waals surface area contributed by atoms with E-state index in [2.05, 4.69) is 10.6 Å². The normalized spacial score (nSPS) is 12.1. The number of fused-ring (bicyclic) bond motifs is 1. The molecule has 0 fully saturated rings. The van der Waals surface area contributed by atoms with Crippen molar-refractivity contribution in [1.29, 1.82) is 0 Å². The highest BCUT2D eigenvalue weighted by atomic mass is 19.1. The number of amides is 2. The number of carbonyl (C=O) groups excluding carboxylic acids is 1. The van der Waals surface area contributed by atoms with Crippen LogP contribution in [0.2, 0.25) is 0 Å². The molecule has 30 heavy (non-hydrogen) atoms. The third kappa shape index (κ3) is 5.05. The zero-order valence-corrected chi connectivity index (χ0v) is 16.0. The Morgan fingerprint density at radius 2 is 1.40 bits per heavy atom. The summed E-state index contributed by atoms with van der Waals surface area (Å²) in [6.07, 6.45) is 0.985. The Morgan fingerprint density at radius 3 is 2.00 bits per heavy atom. The molecule has 0 unspecified atom stereocenters. The third-order valence-electron chi connectivity index (χ3n) is 4.76. The predicted molar refractivity (Wildman–Crippen MR) is 109 cm³/mol. The van der Waals surface area contributed by atoms with Crippen molar-refractivity contribution in [3.05, 3.63) is 89.5 Å². The van der Waals surface area contributed by atoms with Crippen LogP contribution in [0.5, 0.6) is 11.5 Å². The van der Waals surface area contributed by atoms with Gasteiger partial charge in [-0.05, 0) is 60.4 Å². The fourth-order valence-electron chi connectivity index (χ4n) is 3.31. The molecule has 0 spiro atoms. The summed E-state index contributed by atoms with van der Waals surface area (Å²) in [4.78, 5) is 12.6. The maximum absolute atomic E-state index is 13.2. The van der Waals surface area contributed by atoms with Crippen molar-refractivity contribution in [2.45, 2.75) is 18.9 Å². The number of nitrogens with one attached hydrogen (secondary N) is 2. The molecule has 0 saturated heterocycles. The molecule has 1 heterocycles. The summed E-state index contributed by atoms with van der Waals surface area (Å²) >= 11 is 0. The first-order chi connectivity index (χ1) is 14.5. The van der Waals surface area contributed by atoms with Crippen LogP contribution >= 0.6 is 0 Å². The van der Waals surface area contributed by atoms with Crippen LogP contribution < -0.4 is 20.1 Å². The minimum atomic E-state index is -0.386. The molecule has 4 rings (SSSR count).